The minimum absolute atomic E-state index is 0.0173. The van der Waals surface area contributed by atoms with Crippen molar-refractivity contribution in [2.24, 2.45) is 35.3 Å². The minimum atomic E-state index is -0.463. The van der Waals surface area contributed by atoms with Crippen LogP contribution in [0.3, 0.4) is 0 Å². The fourth-order valence-electron chi connectivity index (χ4n) is 6.13. The molecule has 1 unspecified atom stereocenters. The number of rotatable bonds is 1. The molecule has 4 heteroatoms. The summed E-state index contributed by atoms with van der Waals surface area (Å²) in [6, 6.07) is 7.60. The third-order valence-electron chi connectivity index (χ3n) is 6.57. The number of amides is 2. The van der Waals surface area contributed by atoms with Crippen molar-refractivity contribution in [3.63, 3.8) is 0 Å². The van der Waals surface area contributed by atoms with Crippen molar-refractivity contribution in [3.8, 4) is 5.75 Å². The Hall–Kier alpha value is -1.71. The molecular weight excluding hydrogens is 276 g/mol. The van der Waals surface area contributed by atoms with Crippen molar-refractivity contribution >= 4 is 6.03 Å². The highest BCUT2D eigenvalue weighted by atomic mass is 16.7. The number of para-hydroxylation sites is 1. The number of hydrogen-bond donors (Lipinski definition) is 1. The van der Waals surface area contributed by atoms with Gasteiger partial charge in [0.15, 0.2) is 5.75 Å². The second kappa shape index (κ2) is 4.40. The normalized spacial score (nSPS) is 41.4. The lowest BCUT2D eigenvalue weighted by molar-refractivity contribution is -0.111. The third-order valence-corrected chi connectivity index (χ3v) is 6.57. The molecule has 2 N–H and O–H groups in total. The Bertz CT molecular complexity index is 601. The third kappa shape index (κ3) is 1.67. The molecule has 4 aliphatic carbocycles. The summed E-state index contributed by atoms with van der Waals surface area (Å²) in [6.45, 7) is 0. The molecule has 1 atom stereocenters. The highest BCUT2D eigenvalue weighted by molar-refractivity contribution is 5.73. The van der Waals surface area contributed by atoms with Gasteiger partial charge in [-0.05, 0) is 67.8 Å². The first-order valence-corrected chi connectivity index (χ1v) is 8.56. The Labute approximate surface area is 130 Å². The van der Waals surface area contributed by atoms with Gasteiger partial charge in [0.25, 0.3) is 0 Å². The number of benzene rings is 1. The van der Waals surface area contributed by atoms with Gasteiger partial charge in [-0.2, -0.15) is 0 Å². The van der Waals surface area contributed by atoms with E-state index in [1.54, 1.807) is 0 Å². The molecule has 0 spiro atoms. The molecule has 5 aliphatic rings. The number of urea groups is 1. The first-order chi connectivity index (χ1) is 10.7. The number of primary amides is 1. The molecule has 4 nitrogen and oxygen atoms in total. The summed E-state index contributed by atoms with van der Waals surface area (Å²) in [5.41, 5.74) is 6.77. The molecule has 2 amide bonds. The van der Waals surface area contributed by atoms with Crippen LogP contribution in [0.25, 0.3) is 0 Å². The fourth-order valence-corrected chi connectivity index (χ4v) is 6.13. The van der Waals surface area contributed by atoms with Crippen LogP contribution in [0, 0.1) is 29.6 Å². The van der Waals surface area contributed by atoms with E-state index in [1.807, 2.05) is 18.2 Å². The molecular formula is C18H22N2O2. The van der Waals surface area contributed by atoms with Gasteiger partial charge in [-0.25, -0.2) is 4.79 Å². The van der Waals surface area contributed by atoms with E-state index in [-0.39, 0.29) is 6.04 Å². The molecule has 4 fully saturated rings. The molecule has 1 aliphatic heterocycles. The van der Waals surface area contributed by atoms with Gasteiger partial charge in [0.05, 0.1) is 0 Å². The van der Waals surface area contributed by atoms with E-state index in [4.69, 9.17) is 10.6 Å². The monoisotopic (exact) mass is 298 g/mol. The highest BCUT2D eigenvalue weighted by Gasteiger charge is 2.54. The quantitative estimate of drug-likeness (QED) is 0.863. The first-order valence-electron chi connectivity index (χ1n) is 8.56. The summed E-state index contributed by atoms with van der Waals surface area (Å²) in [5.74, 6) is 4.65. The van der Waals surface area contributed by atoms with Gasteiger partial charge >= 0.3 is 6.03 Å². The van der Waals surface area contributed by atoms with Crippen LogP contribution in [0.15, 0.2) is 24.3 Å². The summed E-state index contributed by atoms with van der Waals surface area (Å²) < 4.78 is 0. The maximum atomic E-state index is 11.9. The van der Waals surface area contributed by atoms with Gasteiger partial charge in [-0.1, -0.05) is 18.2 Å². The molecule has 0 saturated heterocycles. The number of hydroxylamine groups is 2. The molecule has 6 rings (SSSR count). The fraction of sp³-hybridized carbons (Fsp3) is 0.611. The van der Waals surface area contributed by atoms with Crippen LogP contribution in [0.4, 0.5) is 4.79 Å². The van der Waals surface area contributed by atoms with Crippen LogP contribution in [-0.4, -0.2) is 11.1 Å². The number of fused-ring (bicyclic) bond motifs is 1. The zero-order chi connectivity index (χ0) is 14.8. The predicted octanol–water partition coefficient (Wildman–Crippen LogP) is 3.49. The zero-order valence-corrected chi connectivity index (χ0v) is 12.7. The van der Waals surface area contributed by atoms with E-state index in [0.29, 0.717) is 5.92 Å². The van der Waals surface area contributed by atoms with E-state index in [0.717, 1.165) is 35.0 Å². The Morgan fingerprint density at radius 2 is 1.68 bits per heavy atom. The molecule has 0 aromatic heterocycles. The van der Waals surface area contributed by atoms with Crippen LogP contribution in [-0.2, 0) is 0 Å². The lowest BCUT2D eigenvalue weighted by Gasteiger charge is -2.56. The number of carbonyl (C=O) groups is 1. The van der Waals surface area contributed by atoms with E-state index < -0.39 is 6.03 Å². The topological polar surface area (TPSA) is 55.6 Å². The van der Waals surface area contributed by atoms with E-state index >= 15 is 0 Å². The minimum Gasteiger partial charge on any atom is -0.374 e. The molecule has 116 valence electrons. The van der Waals surface area contributed by atoms with Gasteiger partial charge in [-0.3, -0.25) is 0 Å². The smallest absolute Gasteiger partial charge is 0.348 e. The molecule has 1 heterocycles. The number of nitrogens with zero attached hydrogens (tertiary/aromatic N) is 1. The summed E-state index contributed by atoms with van der Waals surface area (Å²) in [7, 11) is 0. The first kappa shape index (κ1) is 12.8. The van der Waals surface area contributed by atoms with Crippen LogP contribution >= 0.6 is 0 Å². The Morgan fingerprint density at radius 1 is 1.05 bits per heavy atom. The second-order valence-electron chi connectivity index (χ2n) is 7.75. The van der Waals surface area contributed by atoms with E-state index in [9.17, 15) is 4.79 Å². The number of nitrogens with two attached hydrogens (primary N) is 1. The average molecular weight is 298 g/mol. The SMILES string of the molecule is NC(=O)N1Oc2ccccc2C1C1C2CC3CC(C2)CC1C3. The standard InChI is InChI=1S/C18H22N2O2/c19-18(21)20-17(14-3-1-2-4-15(14)22-20)16-12-6-10-5-11(8-12)9-13(16)7-10/h1-4,10-13,16-17H,5-9H2,(H2,19,21). The van der Waals surface area contributed by atoms with Gasteiger partial charge in [-0.15, -0.1) is 5.06 Å². The summed E-state index contributed by atoms with van der Waals surface area (Å²) in [6.07, 6.45) is 6.79. The molecule has 22 heavy (non-hydrogen) atoms. The Morgan fingerprint density at radius 3 is 2.32 bits per heavy atom. The summed E-state index contributed by atoms with van der Waals surface area (Å²) >= 11 is 0. The zero-order valence-electron chi connectivity index (χ0n) is 12.7. The Kier molecular flexibility index (Phi) is 2.56. The lowest BCUT2D eigenvalue weighted by Crippen LogP contribution is -2.51. The van der Waals surface area contributed by atoms with Crippen LogP contribution in [0.5, 0.6) is 5.75 Å². The van der Waals surface area contributed by atoms with E-state index in [1.165, 1.54) is 37.2 Å². The summed E-state index contributed by atoms with van der Waals surface area (Å²) in [4.78, 5) is 17.7. The van der Waals surface area contributed by atoms with Crippen LogP contribution in [0.1, 0.15) is 43.7 Å². The molecule has 1 aromatic rings. The van der Waals surface area contributed by atoms with Crippen molar-refractivity contribution in [1.82, 2.24) is 5.06 Å². The Balaban J connectivity index is 1.56. The van der Waals surface area contributed by atoms with Crippen molar-refractivity contribution in [2.45, 2.75) is 38.1 Å². The van der Waals surface area contributed by atoms with Crippen molar-refractivity contribution < 1.29 is 9.63 Å². The molecule has 1 aromatic carbocycles. The highest BCUT2D eigenvalue weighted by Crippen LogP contribution is 2.61. The van der Waals surface area contributed by atoms with Gasteiger partial charge in [0, 0.05) is 5.56 Å². The van der Waals surface area contributed by atoms with E-state index in [2.05, 4.69) is 6.07 Å². The molecule has 0 radical (unpaired) electrons. The maximum absolute atomic E-state index is 11.9. The van der Waals surface area contributed by atoms with Gasteiger partial charge in [0.2, 0.25) is 0 Å². The maximum Gasteiger partial charge on any atom is 0.348 e. The average Bonchev–Trinajstić information content (AvgIpc) is 2.86. The van der Waals surface area contributed by atoms with Gasteiger partial charge < -0.3 is 10.6 Å². The van der Waals surface area contributed by atoms with Gasteiger partial charge in [0.1, 0.15) is 6.04 Å². The van der Waals surface area contributed by atoms with Crippen LogP contribution in [0.2, 0.25) is 0 Å². The lowest BCUT2D eigenvalue weighted by atomic mass is 9.50. The van der Waals surface area contributed by atoms with Crippen molar-refractivity contribution in [2.75, 3.05) is 0 Å². The second-order valence-corrected chi connectivity index (χ2v) is 7.75. The predicted molar refractivity (Wildman–Crippen MR) is 81.8 cm³/mol. The molecule has 4 saturated carbocycles. The van der Waals surface area contributed by atoms with Crippen molar-refractivity contribution in [1.29, 1.82) is 0 Å². The molecule has 4 bridgehead atoms. The van der Waals surface area contributed by atoms with Crippen LogP contribution < -0.4 is 10.6 Å². The number of carbonyl (C=O) groups excluding carboxylic acids is 1. The van der Waals surface area contributed by atoms with Crippen molar-refractivity contribution in [3.05, 3.63) is 29.8 Å². The number of hydrogen-bond acceptors (Lipinski definition) is 2. The largest absolute Gasteiger partial charge is 0.374 e. The summed E-state index contributed by atoms with van der Waals surface area (Å²) in [5, 5.41) is 1.46.